The molecule has 0 aromatic heterocycles. The van der Waals surface area contributed by atoms with E-state index in [2.05, 4.69) is 0 Å². The molecule has 4 N–H and O–H groups in total. The Morgan fingerprint density at radius 3 is 0.491 bits per heavy atom. The van der Waals surface area contributed by atoms with Crippen molar-refractivity contribution in [3.05, 3.63) is 100 Å². The largest absolute Gasteiger partial charge is 0.480 e. The van der Waals surface area contributed by atoms with Crippen molar-refractivity contribution in [1.29, 1.82) is 0 Å². The molecule has 33 heteroatoms. The summed E-state index contributed by atoms with van der Waals surface area (Å²) < 4.78 is 380. The van der Waals surface area contributed by atoms with Gasteiger partial charge in [0, 0.05) is 66.8 Å². The molecular formula is C77H19F15O18. The molecule has 16 atom stereocenters. The Bertz CT molecular complexity index is 7330. The van der Waals surface area contributed by atoms with Crippen LogP contribution in [0.2, 0.25) is 0 Å². The first-order chi connectivity index (χ1) is 51.6. The minimum atomic E-state index is -6.97. The van der Waals surface area contributed by atoms with Crippen LogP contribution in [-0.2, 0) is 151 Å². The minimum absolute atomic E-state index is 0.161. The number of halogens is 15. The van der Waals surface area contributed by atoms with E-state index in [4.69, 9.17) is 23.7 Å². The molecule has 14 aromatic rings. The smallest absolute Gasteiger partial charge is 0.336 e. The number of carbonyl (C=O) groups is 9. The molecule has 16 unspecified atom stereocenters. The van der Waals surface area contributed by atoms with Crippen molar-refractivity contribution in [3.8, 4) is 0 Å². The highest BCUT2D eigenvalue weighted by molar-refractivity contribution is 6.68. The van der Waals surface area contributed by atoms with E-state index in [0.29, 0.717) is 0 Å². The maximum atomic E-state index is 24.2. The zero-order chi connectivity index (χ0) is 76.5. The van der Waals surface area contributed by atoms with Crippen molar-refractivity contribution in [2.24, 2.45) is 16.2 Å². The van der Waals surface area contributed by atoms with Crippen molar-refractivity contribution in [3.63, 3.8) is 0 Å². The molecule has 0 aliphatic heterocycles. The van der Waals surface area contributed by atoms with Crippen LogP contribution in [0.3, 0.4) is 0 Å². The van der Waals surface area contributed by atoms with Crippen LogP contribution in [0.5, 0.6) is 0 Å². The van der Waals surface area contributed by atoms with E-state index in [1.165, 1.54) is 0 Å². The summed E-state index contributed by atoms with van der Waals surface area (Å²) in [6.07, 6.45) is 0. The SMILES string of the molecule is COC(=O)C(C(=O)O)(C(=O)O)C12c3c4c5c6c7c8c9c%10c%11c%12c%13c%14c%15c%16c%17c%18c%19c(c1c1c3c3c5c8c5c3c3c1c%19c%16c3c1c%15c%12c9c51)C1(F)C%18(F)C3(F)c5c8c9c%12c%15c5C(F)(C%13(F)C%11(F)C%15(F)C(F)(C%12(F)C6(F)C4(F)C9(F)C2(F)C81F)C7%10C(C(=O)O)(C(=O)O)C(=O)OC)C3(F)C%17%14C(C(=O)OC)(C(=O)OC)C(=O)OC. The number of esters is 5. The van der Waals surface area contributed by atoms with Crippen LogP contribution in [0.4, 0.5) is 65.9 Å². The van der Waals surface area contributed by atoms with Gasteiger partial charge in [0.15, 0.2) is 0 Å². The molecule has 32 rings (SSSR count). The van der Waals surface area contributed by atoms with Gasteiger partial charge in [0.05, 0.1) is 35.5 Å². The molecule has 18 aliphatic rings. The van der Waals surface area contributed by atoms with Gasteiger partial charge in [-0.2, -0.15) is 0 Å². The van der Waals surface area contributed by atoms with Gasteiger partial charge in [0.1, 0.15) is 16.2 Å². The second-order valence-corrected chi connectivity index (χ2v) is 33.8. The first-order valence-corrected chi connectivity index (χ1v) is 34.1. The van der Waals surface area contributed by atoms with Crippen molar-refractivity contribution in [1.82, 2.24) is 0 Å². The lowest BCUT2D eigenvalue weighted by molar-refractivity contribution is -0.371. The monoisotopic (exact) mass is 1520 g/mol. The number of benzene rings is 11. The topological polar surface area (TPSA) is 281 Å². The fourth-order valence-corrected chi connectivity index (χ4v) is 33.1. The van der Waals surface area contributed by atoms with Crippen LogP contribution in [0.15, 0.2) is 0 Å². The van der Waals surface area contributed by atoms with E-state index in [0.717, 1.165) is 0 Å². The third-order valence-electron chi connectivity index (χ3n) is 34.0. The van der Waals surface area contributed by atoms with Crippen molar-refractivity contribution < 1.29 is 153 Å². The lowest BCUT2D eigenvalue weighted by Gasteiger charge is -2.71. The summed E-state index contributed by atoms with van der Waals surface area (Å²) in [5.74, 6) is -27.8. The highest BCUT2D eigenvalue weighted by Gasteiger charge is 3.20. The van der Waals surface area contributed by atoms with Gasteiger partial charge < -0.3 is 44.1 Å². The Kier molecular flexibility index (Phi) is 6.36. The van der Waals surface area contributed by atoms with E-state index in [1.54, 1.807) is 0 Å². The summed E-state index contributed by atoms with van der Waals surface area (Å²) in [5.41, 5.74) is -180. The quantitative estimate of drug-likeness (QED) is 0.0291. The van der Waals surface area contributed by atoms with Crippen LogP contribution in [0.25, 0.3) is 129 Å². The van der Waals surface area contributed by atoms with Gasteiger partial charge in [-0.05, 0) is 163 Å². The van der Waals surface area contributed by atoms with Gasteiger partial charge in [-0.15, -0.1) is 0 Å². The van der Waals surface area contributed by atoms with E-state index in [1.807, 2.05) is 0 Å². The molecule has 0 bridgehead atoms. The van der Waals surface area contributed by atoms with Crippen LogP contribution in [0.1, 0.15) is 100 Å². The number of carboxylic acids is 4. The Balaban J connectivity index is 1.10. The molecule has 0 fully saturated rings. The van der Waals surface area contributed by atoms with E-state index in [9.17, 15) is 20.4 Å². The summed E-state index contributed by atoms with van der Waals surface area (Å²) in [5, 5.41) is 27.2. The molecule has 540 valence electrons. The number of carbonyl (C=O) groups excluding carboxylic acids is 5. The van der Waals surface area contributed by atoms with Crippen molar-refractivity contribution in [2.75, 3.05) is 35.5 Å². The number of methoxy groups -OCH3 is 5. The van der Waals surface area contributed by atoms with Crippen molar-refractivity contribution in [2.45, 2.75) is 101 Å². The molecule has 14 aromatic carbocycles. The van der Waals surface area contributed by atoms with E-state index < -0.39 is 401 Å². The molecule has 0 heterocycles. The molecule has 0 spiro atoms. The molecule has 0 saturated heterocycles. The van der Waals surface area contributed by atoms with E-state index in [-0.39, 0.29) is 35.5 Å². The Morgan fingerprint density at radius 1 is 0.200 bits per heavy atom. The number of rotatable bonds is 12. The van der Waals surface area contributed by atoms with Gasteiger partial charge in [-0.25, -0.2) is 65.9 Å². The summed E-state index contributed by atoms with van der Waals surface area (Å²) >= 11 is 0. The number of hydrogen-bond acceptors (Lipinski definition) is 14. The van der Waals surface area contributed by atoms with Gasteiger partial charge in [-0.1, -0.05) is 0 Å². The van der Waals surface area contributed by atoms with Gasteiger partial charge in [-0.3, -0.25) is 43.2 Å². The maximum absolute atomic E-state index is 24.2. The fraction of sp³-hybridized carbons (Fsp3) is 0.338. The molecule has 0 saturated carbocycles. The van der Waals surface area contributed by atoms with Crippen LogP contribution in [0, 0.1) is 16.2 Å². The number of hydrogen-bond donors (Lipinski definition) is 4. The molecule has 0 amide bonds. The standard InChI is InChI=1S/C77H19F15O18/c1-106-52(101)57(48(93)94,49(95)96)60-30-21-12-6-7-9-11-10-8(6)14-19-16(10)25-26-17(11)20-15(9)24-22-13(7)18(12)27-36(30)63(78)64(79)37(27)31(22)61(58(50(97)98,51(99)100)53(102)107-2)33(24)39-29(20)41-35(26)62(59(54(103)108-3,55(104)109-4)56(105)110-5)34(25)40-28(19)38(32(60)23(14)21)65(80)67(40,82)73(88)46-44-42(69(63,84)75(60,90)71(44,65)86)43-45-47(46)74(89,77(62,73)92)68(41,83)66(39,81)72(45,87)76(61,91)70(43,64)85/h1-5H3,(H,93,94)(H,95,96)(H,97,98)(H,99,100). The van der Waals surface area contributed by atoms with Gasteiger partial charge in [0.25, 0.3) is 16.2 Å². The van der Waals surface area contributed by atoms with Crippen molar-refractivity contribution >= 4 is 183 Å². The first-order valence-electron chi connectivity index (χ1n) is 34.1. The predicted octanol–water partition coefficient (Wildman–Crippen LogP) is 10.4. The van der Waals surface area contributed by atoms with Crippen LogP contribution in [-0.4, -0.2) is 127 Å². The van der Waals surface area contributed by atoms with Crippen LogP contribution >= 0.6 is 0 Å². The highest BCUT2D eigenvalue weighted by Crippen LogP contribution is 3.08. The molecule has 110 heavy (non-hydrogen) atoms. The average molecular weight is 1520 g/mol. The third kappa shape index (κ3) is 2.77. The zero-order valence-electron chi connectivity index (χ0n) is 54.2. The number of carboxylic acid groups (broad SMARTS) is 4. The lowest BCUT2D eigenvalue weighted by Crippen LogP contribution is -2.90. The Morgan fingerprint density at radius 2 is 0.336 bits per heavy atom. The van der Waals surface area contributed by atoms with Crippen LogP contribution < -0.4 is 0 Å². The number of aliphatic carboxylic acids is 4. The molecule has 18 aliphatic carbocycles. The minimum Gasteiger partial charge on any atom is -0.480 e. The third-order valence-corrected chi connectivity index (χ3v) is 34.0. The Hall–Kier alpha value is -11.3. The van der Waals surface area contributed by atoms with E-state index >= 15 is 109 Å². The molecular weight excluding hydrogens is 1500 g/mol. The first kappa shape index (κ1) is 56.9. The Labute approximate surface area is 587 Å². The van der Waals surface area contributed by atoms with Gasteiger partial charge >= 0.3 is 53.7 Å². The zero-order valence-corrected chi connectivity index (χ0v) is 54.2. The highest BCUT2D eigenvalue weighted by atomic mass is 19.2. The van der Waals surface area contributed by atoms with Gasteiger partial charge in [0.2, 0.25) is 85.0 Å². The summed E-state index contributed by atoms with van der Waals surface area (Å²) in [7, 11) is 1.15. The predicted molar refractivity (Wildman–Crippen MR) is 329 cm³/mol. The number of alkyl halides is 15. The summed E-state index contributed by atoms with van der Waals surface area (Å²) in [6.45, 7) is 0. The fourth-order valence-electron chi connectivity index (χ4n) is 33.1. The second-order valence-electron chi connectivity index (χ2n) is 33.8. The average Bonchev–Trinajstić information content (AvgIpc) is 1.33. The second kappa shape index (κ2) is 12.3. The normalized spacial score (nSPS) is 42.2. The lowest BCUT2D eigenvalue weighted by atomic mass is 9.32. The number of ether oxygens (including phenoxy) is 5. The summed E-state index contributed by atoms with van der Waals surface area (Å²) in [6, 6.07) is 0. The summed E-state index contributed by atoms with van der Waals surface area (Å²) in [4.78, 5) is 145. The molecule has 0 radical (unpaired) electrons. The molecule has 18 nitrogen and oxygen atoms in total. The maximum Gasteiger partial charge on any atom is 0.336 e.